The van der Waals surface area contributed by atoms with E-state index in [1.54, 1.807) is 0 Å². The number of Topliss-reactive ketones (excluding diaryl/α,β-unsaturated/α-hetero) is 2. The zero-order valence-electron chi connectivity index (χ0n) is 41.7. The van der Waals surface area contributed by atoms with E-state index in [0.29, 0.717) is 42.3 Å². The van der Waals surface area contributed by atoms with Crippen LogP contribution < -0.4 is 0 Å². The van der Waals surface area contributed by atoms with Crippen molar-refractivity contribution < 1.29 is 19.1 Å². The summed E-state index contributed by atoms with van der Waals surface area (Å²) < 4.78 is 5.65. The van der Waals surface area contributed by atoms with Crippen LogP contribution in [0.3, 0.4) is 0 Å². The van der Waals surface area contributed by atoms with Crippen molar-refractivity contribution in [1.29, 1.82) is 0 Å². The standard InChI is InChI=1S/C55H107NO4/c1-7-11-28-37-50(38-29-12-8-2)47-53(57)43-34-26-22-17-15-16-20-24-32-41-51(48-54(58)44-36-45-56(5)6)42-33-25-21-18-19-23-27-35-46-60-55(59)49-52(39-30-13-9-3)40-31-14-10-4/h50-52H,7-49H2,1-6H3. The van der Waals surface area contributed by atoms with Gasteiger partial charge in [-0.2, -0.15) is 0 Å². The summed E-state index contributed by atoms with van der Waals surface area (Å²) in [5.41, 5.74) is 0. The van der Waals surface area contributed by atoms with Gasteiger partial charge in [0.25, 0.3) is 0 Å². The summed E-state index contributed by atoms with van der Waals surface area (Å²) in [5, 5.41) is 0. The Bertz CT molecular complexity index is 853. The molecule has 60 heavy (non-hydrogen) atoms. The minimum atomic E-state index is 0.0264. The molecule has 1 unspecified atom stereocenters. The summed E-state index contributed by atoms with van der Waals surface area (Å²) in [6.07, 6.45) is 48.5. The lowest BCUT2D eigenvalue weighted by Gasteiger charge is -2.17. The maximum atomic E-state index is 12.9. The Kier molecular flexibility index (Phi) is 44.8. The summed E-state index contributed by atoms with van der Waals surface area (Å²) in [6, 6.07) is 0. The second kappa shape index (κ2) is 45.8. The number of hydrogen-bond acceptors (Lipinski definition) is 5. The lowest BCUT2D eigenvalue weighted by Crippen LogP contribution is -2.15. The van der Waals surface area contributed by atoms with E-state index in [2.05, 4.69) is 46.7 Å². The van der Waals surface area contributed by atoms with Crippen LogP contribution in [0.1, 0.15) is 291 Å². The average molecular weight is 846 g/mol. The third kappa shape index (κ3) is 42.1. The fourth-order valence-corrected chi connectivity index (χ4v) is 9.29. The van der Waals surface area contributed by atoms with Crippen LogP contribution in [0.5, 0.6) is 0 Å². The van der Waals surface area contributed by atoms with Crippen LogP contribution in [0.15, 0.2) is 0 Å². The van der Waals surface area contributed by atoms with Gasteiger partial charge in [0.2, 0.25) is 0 Å². The third-order valence-corrected chi connectivity index (χ3v) is 13.3. The minimum absolute atomic E-state index is 0.0264. The Morgan fingerprint density at radius 2 is 0.667 bits per heavy atom. The SMILES string of the molecule is CCCCCC(CCCCC)CC(=O)CCCCCCCCCCCC(CCCCCCCCCCOC(=O)CC(CCCCC)CCCCC)CC(=O)CCCN(C)C. The van der Waals surface area contributed by atoms with Crippen molar-refractivity contribution in [2.24, 2.45) is 17.8 Å². The molecule has 0 bridgehead atoms. The number of unbranched alkanes of at least 4 members (excludes halogenated alkanes) is 23. The number of carbonyl (C=O) groups is 3. The normalized spacial score (nSPS) is 12.3. The fourth-order valence-electron chi connectivity index (χ4n) is 9.29. The van der Waals surface area contributed by atoms with Crippen LogP contribution in [-0.2, 0) is 19.1 Å². The van der Waals surface area contributed by atoms with Crippen molar-refractivity contribution in [3.63, 3.8) is 0 Å². The van der Waals surface area contributed by atoms with Gasteiger partial charge in [-0.1, -0.05) is 227 Å². The molecule has 0 N–H and O–H groups in total. The maximum Gasteiger partial charge on any atom is 0.306 e. The molecule has 356 valence electrons. The lowest BCUT2D eigenvalue weighted by atomic mass is 9.89. The highest BCUT2D eigenvalue weighted by atomic mass is 16.5. The predicted octanol–water partition coefficient (Wildman–Crippen LogP) is 17.2. The van der Waals surface area contributed by atoms with Crippen molar-refractivity contribution in [1.82, 2.24) is 4.90 Å². The van der Waals surface area contributed by atoms with Gasteiger partial charge in [0.05, 0.1) is 6.61 Å². The number of rotatable bonds is 49. The van der Waals surface area contributed by atoms with Gasteiger partial charge in [0.15, 0.2) is 0 Å². The second-order valence-corrected chi connectivity index (χ2v) is 19.7. The van der Waals surface area contributed by atoms with Crippen molar-refractivity contribution in [2.75, 3.05) is 27.2 Å². The minimum Gasteiger partial charge on any atom is -0.466 e. The smallest absolute Gasteiger partial charge is 0.306 e. The molecule has 0 heterocycles. The van der Waals surface area contributed by atoms with E-state index in [4.69, 9.17) is 4.74 Å². The van der Waals surface area contributed by atoms with E-state index in [9.17, 15) is 14.4 Å². The fraction of sp³-hybridized carbons (Fsp3) is 0.945. The number of nitrogens with zero attached hydrogens (tertiary/aromatic N) is 1. The first kappa shape index (κ1) is 58.8. The highest BCUT2D eigenvalue weighted by molar-refractivity contribution is 5.79. The van der Waals surface area contributed by atoms with Crippen LogP contribution in [-0.4, -0.2) is 49.7 Å². The monoisotopic (exact) mass is 846 g/mol. The van der Waals surface area contributed by atoms with Crippen molar-refractivity contribution in [2.45, 2.75) is 291 Å². The van der Waals surface area contributed by atoms with Crippen LogP contribution in [0.4, 0.5) is 0 Å². The molecule has 0 fully saturated rings. The molecule has 0 rings (SSSR count). The van der Waals surface area contributed by atoms with Crippen LogP contribution in [0.2, 0.25) is 0 Å². The van der Waals surface area contributed by atoms with Crippen molar-refractivity contribution in [3.8, 4) is 0 Å². The van der Waals surface area contributed by atoms with Gasteiger partial charge in [-0.15, -0.1) is 0 Å². The highest BCUT2D eigenvalue weighted by Gasteiger charge is 2.17. The zero-order chi connectivity index (χ0) is 44.2. The molecule has 1 atom stereocenters. The van der Waals surface area contributed by atoms with Gasteiger partial charge in [0.1, 0.15) is 11.6 Å². The topological polar surface area (TPSA) is 63.7 Å². The molecule has 0 aromatic heterocycles. The van der Waals surface area contributed by atoms with Crippen LogP contribution in [0.25, 0.3) is 0 Å². The first-order chi connectivity index (χ1) is 29.2. The molecular weight excluding hydrogens is 739 g/mol. The first-order valence-electron chi connectivity index (χ1n) is 27.1. The van der Waals surface area contributed by atoms with E-state index in [-0.39, 0.29) is 5.97 Å². The number of ether oxygens (including phenoxy) is 1. The predicted molar refractivity (Wildman–Crippen MR) is 262 cm³/mol. The van der Waals surface area contributed by atoms with Gasteiger partial charge in [0, 0.05) is 32.1 Å². The zero-order valence-corrected chi connectivity index (χ0v) is 41.7. The number of hydrogen-bond donors (Lipinski definition) is 0. The third-order valence-electron chi connectivity index (χ3n) is 13.3. The second-order valence-electron chi connectivity index (χ2n) is 19.7. The summed E-state index contributed by atoms with van der Waals surface area (Å²) >= 11 is 0. The van der Waals surface area contributed by atoms with Crippen molar-refractivity contribution in [3.05, 3.63) is 0 Å². The van der Waals surface area contributed by atoms with Gasteiger partial charge < -0.3 is 9.64 Å². The van der Waals surface area contributed by atoms with E-state index in [1.807, 2.05) is 0 Å². The summed E-state index contributed by atoms with van der Waals surface area (Å²) in [7, 11) is 4.19. The van der Waals surface area contributed by atoms with E-state index in [0.717, 1.165) is 57.9 Å². The summed E-state index contributed by atoms with van der Waals surface area (Å²) in [6.45, 7) is 10.6. The van der Waals surface area contributed by atoms with Gasteiger partial charge in [-0.3, -0.25) is 14.4 Å². The van der Waals surface area contributed by atoms with Crippen molar-refractivity contribution >= 4 is 17.5 Å². The number of ketones is 2. The molecule has 0 spiro atoms. The quantitative estimate of drug-likeness (QED) is 0.0451. The van der Waals surface area contributed by atoms with Gasteiger partial charge in [-0.05, 0) is 70.5 Å². The van der Waals surface area contributed by atoms with Gasteiger partial charge in [-0.25, -0.2) is 0 Å². The highest BCUT2D eigenvalue weighted by Crippen LogP contribution is 2.26. The molecule has 0 amide bonds. The Labute approximate surface area is 376 Å². The lowest BCUT2D eigenvalue weighted by molar-refractivity contribution is -0.145. The molecule has 0 aromatic carbocycles. The molecule has 0 aliphatic heterocycles. The summed E-state index contributed by atoms with van der Waals surface area (Å²) in [5.74, 6) is 2.73. The molecule has 5 nitrogen and oxygen atoms in total. The maximum absolute atomic E-state index is 12.9. The summed E-state index contributed by atoms with van der Waals surface area (Å²) in [4.78, 5) is 40.3. The molecule has 0 saturated carbocycles. The molecule has 0 radical (unpaired) electrons. The van der Waals surface area contributed by atoms with Crippen LogP contribution >= 0.6 is 0 Å². The van der Waals surface area contributed by atoms with E-state index >= 15 is 0 Å². The number of esters is 1. The Morgan fingerprint density at radius 1 is 0.367 bits per heavy atom. The van der Waals surface area contributed by atoms with E-state index in [1.165, 1.54) is 205 Å². The molecule has 0 aliphatic carbocycles. The Balaban J connectivity index is 4.20. The number of carbonyl (C=O) groups excluding carboxylic acids is 3. The average Bonchev–Trinajstić information content (AvgIpc) is 3.21. The van der Waals surface area contributed by atoms with E-state index < -0.39 is 0 Å². The molecule has 0 aromatic rings. The Morgan fingerprint density at radius 3 is 1.03 bits per heavy atom. The molecular formula is C55H107NO4. The molecule has 0 saturated heterocycles. The van der Waals surface area contributed by atoms with Gasteiger partial charge >= 0.3 is 5.97 Å². The Hall–Kier alpha value is -1.23. The first-order valence-corrected chi connectivity index (χ1v) is 27.1. The van der Waals surface area contributed by atoms with Crippen LogP contribution in [0, 0.1) is 17.8 Å². The molecule has 0 aliphatic rings. The largest absolute Gasteiger partial charge is 0.466 e. The molecule has 5 heteroatoms.